The lowest BCUT2D eigenvalue weighted by Gasteiger charge is -2.10. The van der Waals surface area contributed by atoms with Gasteiger partial charge in [0.05, 0.1) is 16.1 Å². The van der Waals surface area contributed by atoms with E-state index >= 15 is 0 Å². The van der Waals surface area contributed by atoms with Crippen LogP contribution in [0.2, 0.25) is 5.02 Å². The second kappa shape index (κ2) is 8.72. The smallest absolute Gasteiger partial charge is 0.242 e. The summed E-state index contributed by atoms with van der Waals surface area (Å²) in [5, 5.41) is 2.94. The lowest BCUT2D eigenvalue weighted by Crippen LogP contribution is -2.32. The number of amides is 1. The molecule has 1 heterocycles. The molecule has 0 aliphatic heterocycles. The number of rotatable bonds is 8. The van der Waals surface area contributed by atoms with E-state index in [2.05, 4.69) is 15.0 Å². The van der Waals surface area contributed by atoms with Crippen LogP contribution in [0.5, 0.6) is 0 Å². The van der Waals surface area contributed by atoms with Gasteiger partial charge < -0.3 is 9.88 Å². The van der Waals surface area contributed by atoms with E-state index in [1.165, 1.54) is 12.1 Å². The van der Waals surface area contributed by atoms with Crippen LogP contribution in [0.4, 0.5) is 0 Å². The average Bonchev–Trinajstić information content (AvgIpc) is 2.97. The van der Waals surface area contributed by atoms with E-state index in [1.807, 2.05) is 35.8 Å². The zero-order valence-corrected chi connectivity index (χ0v) is 16.9. The van der Waals surface area contributed by atoms with Crippen LogP contribution in [0.3, 0.4) is 0 Å². The molecule has 28 heavy (non-hydrogen) atoms. The fraction of sp³-hybridized carbons (Fsp3) is 0.263. The minimum atomic E-state index is -3.75. The summed E-state index contributed by atoms with van der Waals surface area (Å²) in [6, 6.07) is 14.0. The molecule has 148 valence electrons. The Balaban J connectivity index is 1.47. The van der Waals surface area contributed by atoms with Gasteiger partial charge in [0.25, 0.3) is 0 Å². The van der Waals surface area contributed by atoms with Crippen molar-refractivity contribution in [3.05, 3.63) is 59.4 Å². The maximum Gasteiger partial charge on any atom is 0.242 e. The first kappa shape index (κ1) is 20.3. The molecule has 0 atom stereocenters. The number of aromatic nitrogens is 2. The van der Waals surface area contributed by atoms with Crippen LogP contribution in [-0.4, -0.2) is 37.0 Å². The average molecular weight is 421 g/mol. The van der Waals surface area contributed by atoms with E-state index in [0.29, 0.717) is 13.1 Å². The van der Waals surface area contributed by atoms with Crippen molar-refractivity contribution in [2.75, 3.05) is 13.1 Å². The van der Waals surface area contributed by atoms with E-state index in [1.54, 1.807) is 12.1 Å². The van der Waals surface area contributed by atoms with Crippen molar-refractivity contribution in [2.45, 2.75) is 24.8 Å². The Kier molecular flexibility index (Phi) is 6.33. The number of nitrogens with zero attached hydrogens (tertiary/aromatic N) is 2. The van der Waals surface area contributed by atoms with Gasteiger partial charge in [-0.1, -0.05) is 35.9 Å². The van der Waals surface area contributed by atoms with Crippen molar-refractivity contribution in [3.63, 3.8) is 0 Å². The highest BCUT2D eigenvalue weighted by molar-refractivity contribution is 7.89. The van der Waals surface area contributed by atoms with Gasteiger partial charge in [-0.05, 0) is 31.2 Å². The molecule has 0 unspecified atom stereocenters. The van der Waals surface area contributed by atoms with Gasteiger partial charge in [0.2, 0.25) is 15.9 Å². The summed E-state index contributed by atoms with van der Waals surface area (Å²) in [7, 11) is -3.75. The standard InChI is InChI=1S/C19H21ClN4O3S/c1-14-23-16-7-3-4-8-17(16)24(14)13-12-21-19(25)10-11-22-28(26,27)18-9-5-2-6-15(18)20/h2-9,22H,10-13H2,1H3,(H,21,25). The molecule has 2 N–H and O–H groups in total. The molecule has 3 rings (SSSR count). The van der Waals surface area contributed by atoms with Crippen LogP contribution in [0.1, 0.15) is 12.2 Å². The van der Waals surface area contributed by atoms with Crippen LogP contribution in [0.25, 0.3) is 11.0 Å². The predicted molar refractivity (Wildman–Crippen MR) is 109 cm³/mol. The lowest BCUT2D eigenvalue weighted by molar-refractivity contribution is -0.120. The van der Waals surface area contributed by atoms with Crippen molar-refractivity contribution in [1.29, 1.82) is 0 Å². The molecular weight excluding hydrogens is 400 g/mol. The molecule has 3 aromatic rings. The number of benzene rings is 2. The van der Waals surface area contributed by atoms with Gasteiger partial charge in [0.1, 0.15) is 10.7 Å². The van der Waals surface area contributed by atoms with Gasteiger partial charge in [-0.25, -0.2) is 18.1 Å². The number of sulfonamides is 1. The molecule has 0 aliphatic carbocycles. The Morgan fingerprint density at radius 3 is 2.61 bits per heavy atom. The first-order valence-electron chi connectivity index (χ1n) is 8.81. The molecule has 0 bridgehead atoms. The summed E-state index contributed by atoms with van der Waals surface area (Å²) in [4.78, 5) is 16.5. The number of hydrogen-bond acceptors (Lipinski definition) is 4. The molecule has 0 fully saturated rings. The normalized spacial score (nSPS) is 11.6. The summed E-state index contributed by atoms with van der Waals surface area (Å²) in [5.74, 6) is 0.645. The number of fused-ring (bicyclic) bond motifs is 1. The third-order valence-electron chi connectivity index (χ3n) is 4.27. The number of imidazole rings is 1. The third-order valence-corrected chi connectivity index (χ3v) is 6.23. The highest BCUT2D eigenvalue weighted by Crippen LogP contribution is 2.20. The molecule has 0 spiro atoms. The van der Waals surface area contributed by atoms with Crippen LogP contribution < -0.4 is 10.0 Å². The molecule has 0 radical (unpaired) electrons. The molecular formula is C19H21ClN4O3S. The fourth-order valence-corrected chi connectivity index (χ4v) is 4.46. The van der Waals surface area contributed by atoms with Gasteiger partial charge in [0, 0.05) is 26.1 Å². The fourth-order valence-electron chi connectivity index (χ4n) is 2.91. The molecule has 1 amide bonds. The topological polar surface area (TPSA) is 93.1 Å². The summed E-state index contributed by atoms with van der Waals surface area (Å²) in [6.07, 6.45) is 0.0351. The number of hydrogen-bond donors (Lipinski definition) is 2. The molecule has 0 aliphatic rings. The van der Waals surface area contributed by atoms with Crippen molar-refractivity contribution >= 4 is 38.6 Å². The highest BCUT2D eigenvalue weighted by Gasteiger charge is 2.17. The molecule has 0 saturated heterocycles. The first-order chi connectivity index (χ1) is 13.4. The SMILES string of the molecule is Cc1nc2ccccc2n1CCNC(=O)CCNS(=O)(=O)c1ccccc1Cl. The van der Waals surface area contributed by atoms with Crippen molar-refractivity contribution in [1.82, 2.24) is 19.6 Å². The molecule has 7 nitrogen and oxygen atoms in total. The zero-order valence-electron chi connectivity index (χ0n) is 15.4. The van der Waals surface area contributed by atoms with Crippen LogP contribution in [0, 0.1) is 6.92 Å². The Bertz CT molecular complexity index is 1100. The lowest BCUT2D eigenvalue weighted by atomic mass is 10.3. The van der Waals surface area contributed by atoms with E-state index in [-0.39, 0.29) is 28.8 Å². The van der Waals surface area contributed by atoms with Crippen LogP contribution >= 0.6 is 11.6 Å². The van der Waals surface area contributed by atoms with Crippen LogP contribution in [-0.2, 0) is 21.4 Å². The molecule has 9 heteroatoms. The van der Waals surface area contributed by atoms with Gasteiger partial charge >= 0.3 is 0 Å². The Labute approximate surface area is 168 Å². The predicted octanol–water partition coefficient (Wildman–Crippen LogP) is 2.48. The van der Waals surface area contributed by atoms with Gasteiger partial charge in [-0.2, -0.15) is 0 Å². The number of halogens is 1. The van der Waals surface area contributed by atoms with Gasteiger partial charge in [0.15, 0.2) is 0 Å². The summed E-state index contributed by atoms with van der Waals surface area (Å²) in [6.45, 7) is 2.93. The highest BCUT2D eigenvalue weighted by atomic mass is 35.5. The third kappa shape index (κ3) is 4.70. The number of aryl methyl sites for hydroxylation is 1. The van der Waals surface area contributed by atoms with E-state index in [0.717, 1.165) is 16.9 Å². The number of para-hydroxylation sites is 2. The number of carbonyl (C=O) groups excluding carboxylic acids is 1. The maximum atomic E-state index is 12.2. The minimum Gasteiger partial charge on any atom is -0.354 e. The van der Waals surface area contributed by atoms with Crippen LogP contribution in [0.15, 0.2) is 53.4 Å². The van der Waals surface area contributed by atoms with Crippen molar-refractivity contribution in [3.8, 4) is 0 Å². The van der Waals surface area contributed by atoms with E-state index < -0.39 is 10.0 Å². The quantitative estimate of drug-likeness (QED) is 0.585. The van der Waals surface area contributed by atoms with E-state index in [9.17, 15) is 13.2 Å². The zero-order chi connectivity index (χ0) is 20.1. The maximum absolute atomic E-state index is 12.2. The molecule has 1 aromatic heterocycles. The summed E-state index contributed by atoms with van der Waals surface area (Å²) < 4.78 is 28.9. The van der Waals surface area contributed by atoms with Gasteiger partial charge in [-0.15, -0.1) is 0 Å². The summed E-state index contributed by atoms with van der Waals surface area (Å²) >= 11 is 5.92. The largest absolute Gasteiger partial charge is 0.354 e. The number of nitrogens with one attached hydrogen (secondary N) is 2. The second-order valence-corrected chi connectivity index (χ2v) is 8.37. The van der Waals surface area contributed by atoms with Crippen molar-refractivity contribution in [2.24, 2.45) is 0 Å². The van der Waals surface area contributed by atoms with E-state index in [4.69, 9.17) is 11.6 Å². The number of carbonyl (C=O) groups is 1. The monoisotopic (exact) mass is 420 g/mol. The molecule has 2 aromatic carbocycles. The minimum absolute atomic E-state index is 0.000430. The summed E-state index contributed by atoms with van der Waals surface area (Å²) in [5.41, 5.74) is 1.93. The Morgan fingerprint density at radius 2 is 1.82 bits per heavy atom. The Morgan fingerprint density at radius 1 is 1.11 bits per heavy atom. The molecule has 0 saturated carbocycles. The van der Waals surface area contributed by atoms with Gasteiger partial charge in [-0.3, -0.25) is 4.79 Å². The Hall–Kier alpha value is -2.42. The van der Waals surface area contributed by atoms with Crippen molar-refractivity contribution < 1.29 is 13.2 Å². The second-order valence-electron chi connectivity index (χ2n) is 6.23. The first-order valence-corrected chi connectivity index (χ1v) is 10.7.